The van der Waals surface area contributed by atoms with Crippen LogP contribution in [0.5, 0.6) is 0 Å². The number of benzene rings is 2. The molecule has 0 aliphatic carbocycles. The highest BCUT2D eigenvalue weighted by molar-refractivity contribution is 5.98. The summed E-state index contributed by atoms with van der Waals surface area (Å²) in [6.07, 6.45) is 0. The highest BCUT2D eigenvalue weighted by Crippen LogP contribution is 2.10. The van der Waals surface area contributed by atoms with Gasteiger partial charge in [-0.05, 0) is 61.4 Å². The molecular formula is C20H22FN3O3. The van der Waals surface area contributed by atoms with Crippen molar-refractivity contribution >= 4 is 23.4 Å². The molecule has 0 atom stereocenters. The number of anilines is 1. The fraction of sp³-hybridized carbons (Fsp3) is 0.250. The van der Waals surface area contributed by atoms with Crippen LogP contribution in [0, 0.1) is 19.7 Å². The first-order valence-electron chi connectivity index (χ1n) is 8.41. The molecule has 2 N–H and O–H groups in total. The van der Waals surface area contributed by atoms with Crippen LogP contribution >= 0.6 is 0 Å². The average Bonchev–Trinajstić information content (AvgIpc) is 2.63. The van der Waals surface area contributed by atoms with Crippen LogP contribution < -0.4 is 10.6 Å². The lowest BCUT2D eigenvalue weighted by atomic mass is 10.1. The van der Waals surface area contributed by atoms with Gasteiger partial charge in [0.05, 0.1) is 13.1 Å². The Kier molecular flexibility index (Phi) is 6.65. The van der Waals surface area contributed by atoms with E-state index in [4.69, 9.17) is 0 Å². The third-order valence-electron chi connectivity index (χ3n) is 4.10. The van der Waals surface area contributed by atoms with E-state index in [1.54, 1.807) is 12.1 Å². The van der Waals surface area contributed by atoms with Crippen molar-refractivity contribution in [2.75, 3.05) is 25.5 Å². The summed E-state index contributed by atoms with van der Waals surface area (Å²) in [6, 6.07) is 10.6. The van der Waals surface area contributed by atoms with Crippen LogP contribution in [0.4, 0.5) is 10.1 Å². The number of nitrogens with one attached hydrogen (secondary N) is 2. The number of nitrogens with zero attached hydrogens (tertiary/aromatic N) is 1. The van der Waals surface area contributed by atoms with Crippen LogP contribution in [-0.2, 0) is 9.59 Å². The highest BCUT2D eigenvalue weighted by Gasteiger charge is 2.15. The number of likely N-dealkylation sites (N-methyl/N-ethyl adjacent to an activating group) is 1. The van der Waals surface area contributed by atoms with Gasteiger partial charge in [0, 0.05) is 18.3 Å². The van der Waals surface area contributed by atoms with Crippen molar-refractivity contribution in [1.29, 1.82) is 0 Å². The zero-order valence-corrected chi connectivity index (χ0v) is 15.5. The molecular weight excluding hydrogens is 349 g/mol. The molecule has 0 fully saturated rings. The maximum atomic E-state index is 12.9. The quantitative estimate of drug-likeness (QED) is 0.818. The SMILES string of the molecule is Cc1ccc(C(=O)NCC(=O)N(C)CC(=O)Nc2ccc(F)cc2)cc1C. The fourth-order valence-corrected chi connectivity index (χ4v) is 2.31. The minimum Gasteiger partial charge on any atom is -0.343 e. The Bertz CT molecular complexity index is 850. The van der Waals surface area contributed by atoms with Crippen LogP contribution in [-0.4, -0.2) is 42.8 Å². The zero-order valence-electron chi connectivity index (χ0n) is 15.5. The lowest BCUT2D eigenvalue weighted by Crippen LogP contribution is -2.41. The topological polar surface area (TPSA) is 78.5 Å². The van der Waals surface area contributed by atoms with Gasteiger partial charge >= 0.3 is 0 Å². The second-order valence-electron chi connectivity index (χ2n) is 6.29. The van der Waals surface area contributed by atoms with Crippen molar-refractivity contribution in [3.05, 3.63) is 65.0 Å². The van der Waals surface area contributed by atoms with Gasteiger partial charge in [-0.3, -0.25) is 14.4 Å². The van der Waals surface area contributed by atoms with Gasteiger partial charge in [0.2, 0.25) is 11.8 Å². The molecule has 2 aromatic carbocycles. The second kappa shape index (κ2) is 8.93. The molecule has 3 amide bonds. The van der Waals surface area contributed by atoms with E-state index in [0.29, 0.717) is 11.3 Å². The lowest BCUT2D eigenvalue weighted by molar-refractivity contribution is -0.132. The van der Waals surface area contributed by atoms with Gasteiger partial charge < -0.3 is 15.5 Å². The maximum Gasteiger partial charge on any atom is 0.251 e. The summed E-state index contributed by atoms with van der Waals surface area (Å²) in [7, 11) is 1.47. The van der Waals surface area contributed by atoms with E-state index >= 15 is 0 Å². The molecule has 0 radical (unpaired) electrons. The second-order valence-corrected chi connectivity index (χ2v) is 6.29. The number of amides is 3. The van der Waals surface area contributed by atoms with E-state index in [1.807, 2.05) is 19.9 Å². The molecule has 0 spiro atoms. The first kappa shape index (κ1) is 20.1. The average molecular weight is 371 g/mol. The van der Waals surface area contributed by atoms with E-state index in [9.17, 15) is 18.8 Å². The summed E-state index contributed by atoms with van der Waals surface area (Å²) < 4.78 is 12.9. The molecule has 0 unspecified atom stereocenters. The van der Waals surface area contributed by atoms with Crippen molar-refractivity contribution in [3.63, 3.8) is 0 Å². The summed E-state index contributed by atoms with van der Waals surface area (Å²) in [5, 5.41) is 5.12. The molecule has 0 saturated heterocycles. The molecule has 0 aliphatic heterocycles. The predicted molar refractivity (Wildman–Crippen MR) is 101 cm³/mol. The molecule has 142 valence electrons. The van der Waals surface area contributed by atoms with Crippen molar-refractivity contribution in [2.24, 2.45) is 0 Å². The summed E-state index contributed by atoms with van der Waals surface area (Å²) in [5.41, 5.74) is 2.98. The van der Waals surface area contributed by atoms with Crippen molar-refractivity contribution in [2.45, 2.75) is 13.8 Å². The zero-order chi connectivity index (χ0) is 20.0. The number of rotatable bonds is 6. The number of carbonyl (C=O) groups excluding carboxylic acids is 3. The fourth-order valence-electron chi connectivity index (χ4n) is 2.31. The van der Waals surface area contributed by atoms with Gasteiger partial charge in [0.1, 0.15) is 5.82 Å². The molecule has 27 heavy (non-hydrogen) atoms. The van der Waals surface area contributed by atoms with Crippen LogP contribution in [0.15, 0.2) is 42.5 Å². The minimum absolute atomic E-state index is 0.185. The van der Waals surface area contributed by atoms with Crippen LogP contribution in [0.2, 0.25) is 0 Å². The van der Waals surface area contributed by atoms with Crippen molar-refractivity contribution in [3.8, 4) is 0 Å². The van der Waals surface area contributed by atoms with Gasteiger partial charge in [-0.15, -0.1) is 0 Å². The molecule has 0 bridgehead atoms. The van der Waals surface area contributed by atoms with E-state index in [0.717, 1.165) is 11.1 Å². The van der Waals surface area contributed by atoms with Gasteiger partial charge in [0.15, 0.2) is 0 Å². The molecule has 0 aromatic heterocycles. The van der Waals surface area contributed by atoms with Crippen molar-refractivity contribution in [1.82, 2.24) is 10.2 Å². The van der Waals surface area contributed by atoms with Gasteiger partial charge in [0.25, 0.3) is 5.91 Å². The first-order valence-corrected chi connectivity index (χ1v) is 8.41. The predicted octanol–water partition coefficient (Wildman–Crippen LogP) is 2.27. The molecule has 2 aromatic rings. The molecule has 6 nitrogen and oxygen atoms in total. The maximum absolute atomic E-state index is 12.9. The summed E-state index contributed by atoms with van der Waals surface area (Å²) in [5.74, 6) is -1.57. The summed E-state index contributed by atoms with van der Waals surface area (Å²) in [6.45, 7) is 3.46. The highest BCUT2D eigenvalue weighted by atomic mass is 19.1. The Morgan fingerprint density at radius 2 is 1.67 bits per heavy atom. The molecule has 2 rings (SSSR count). The lowest BCUT2D eigenvalue weighted by Gasteiger charge is -2.17. The normalized spacial score (nSPS) is 10.2. The number of hydrogen-bond donors (Lipinski definition) is 2. The van der Waals surface area contributed by atoms with Gasteiger partial charge in [-0.2, -0.15) is 0 Å². The Morgan fingerprint density at radius 1 is 1.00 bits per heavy atom. The monoisotopic (exact) mass is 371 g/mol. The number of halogens is 1. The Hall–Kier alpha value is -3.22. The molecule has 0 heterocycles. The van der Waals surface area contributed by atoms with Crippen LogP contribution in [0.1, 0.15) is 21.5 Å². The van der Waals surface area contributed by atoms with Crippen molar-refractivity contribution < 1.29 is 18.8 Å². The first-order chi connectivity index (χ1) is 12.8. The van der Waals surface area contributed by atoms with Gasteiger partial charge in [-0.25, -0.2) is 4.39 Å². The summed E-state index contributed by atoms with van der Waals surface area (Å²) in [4.78, 5) is 37.4. The third-order valence-corrected chi connectivity index (χ3v) is 4.10. The number of carbonyl (C=O) groups is 3. The molecule has 0 aliphatic rings. The van der Waals surface area contributed by atoms with Gasteiger partial charge in [-0.1, -0.05) is 6.07 Å². The Labute approximate surface area is 157 Å². The summed E-state index contributed by atoms with van der Waals surface area (Å²) >= 11 is 0. The smallest absolute Gasteiger partial charge is 0.251 e. The van der Waals surface area contributed by atoms with Crippen LogP contribution in [0.25, 0.3) is 0 Å². The largest absolute Gasteiger partial charge is 0.343 e. The third kappa shape index (κ3) is 5.91. The molecule has 7 heteroatoms. The van der Waals surface area contributed by atoms with E-state index < -0.39 is 17.6 Å². The minimum atomic E-state index is -0.419. The Morgan fingerprint density at radius 3 is 2.30 bits per heavy atom. The standard InChI is InChI=1S/C20H22FN3O3/c1-13-4-5-15(10-14(13)2)20(27)22-11-19(26)24(3)12-18(25)23-17-8-6-16(21)7-9-17/h4-10H,11-12H2,1-3H3,(H,22,27)(H,23,25). The van der Waals surface area contributed by atoms with E-state index in [1.165, 1.54) is 36.2 Å². The van der Waals surface area contributed by atoms with Crippen LogP contribution in [0.3, 0.4) is 0 Å². The van der Waals surface area contributed by atoms with E-state index in [-0.39, 0.29) is 19.0 Å². The number of aryl methyl sites for hydroxylation is 2. The van der Waals surface area contributed by atoms with E-state index in [2.05, 4.69) is 10.6 Å². The molecule has 0 saturated carbocycles. The Balaban J connectivity index is 1.82. The number of hydrogen-bond acceptors (Lipinski definition) is 3.